The van der Waals surface area contributed by atoms with Crippen molar-refractivity contribution in [3.63, 3.8) is 0 Å². The Bertz CT molecular complexity index is 1060. The van der Waals surface area contributed by atoms with E-state index in [1.807, 2.05) is 0 Å². The van der Waals surface area contributed by atoms with Crippen molar-refractivity contribution in [2.24, 2.45) is 0 Å². The van der Waals surface area contributed by atoms with E-state index < -0.39 is 0 Å². The summed E-state index contributed by atoms with van der Waals surface area (Å²) in [5.41, 5.74) is 2.28. The molecule has 2 aromatic carbocycles. The highest BCUT2D eigenvalue weighted by molar-refractivity contribution is 6.22. The normalized spacial score (nSPS) is 15.4. The molecule has 0 fully saturated rings. The van der Waals surface area contributed by atoms with Crippen molar-refractivity contribution >= 4 is 29.7 Å². The molecule has 0 aliphatic carbocycles. The van der Waals surface area contributed by atoms with E-state index in [9.17, 15) is 19.2 Å². The molecule has 2 aliphatic heterocycles. The molecule has 4 rings (SSSR count). The van der Waals surface area contributed by atoms with Crippen LogP contribution in [-0.2, 0) is 0 Å². The smallest absolute Gasteiger partial charge is 0.261 e. The lowest BCUT2D eigenvalue weighted by Gasteiger charge is -2.11. The highest BCUT2D eigenvalue weighted by Crippen LogP contribution is 2.25. The summed E-state index contributed by atoms with van der Waals surface area (Å²) >= 11 is 0. The Morgan fingerprint density at radius 2 is 1.34 bits per heavy atom. The molecule has 2 aliphatic rings. The predicted octanol–water partition coefficient (Wildman–Crippen LogP) is 3.17. The number of benzene rings is 2. The summed E-state index contributed by atoms with van der Waals surface area (Å²) in [7, 11) is 0. The van der Waals surface area contributed by atoms with Crippen molar-refractivity contribution in [2.45, 2.75) is 6.42 Å². The number of amides is 4. The SMILES string of the molecule is C=CCCN1C(=O)c2ccc(/C=C\CN3C(=O)c4ccccc4C3=O)cc2C1=O. The van der Waals surface area contributed by atoms with Crippen molar-refractivity contribution < 1.29 is 19.2 Å². The third-order valence-corrected chi connectivity index (χ3v) is 5.03. The van der Waals surface area contributed by atoms with Crippen LogP contribution in [0.4, 0.5) is 0 Å². The quantitative estimate of drug-likeness (QED) is 0.565. The van der Waals surface area contributed by atoms with Crippen LogP contribution in [0.2, 0.25) is 0 Å². The first-order chi connectivity index (χ1) is 14.0. The monoisotopic (exact) mass is 386 g/mol. The summed E-state index contributed by atoms with van der Waals surface area (Å²) < 4.78 is 0. The maximum atomic E-state index is 12.5. The average molecular weight is 386 g/mol. The molecule has 2 heterocycles. The van der Waals surface area contributed by atoms with Gasteiger partial charge in [-0.2, -0.15) is 0 Å². The van der Waals surface area contributed by atoms with E-state index in [0.29, 0.717) is 40.8 Å². The van der Waals surface area contributed by atoms with Gasteiger partial charge < -0.3 is 0 Å². The highest BCUT2D eigenvalue weighted by atomic mass is 16.2. The summed E-state index contributed by atoms with van der Waals surface area (Å²) in [5, 5.41) is 0. The van der Waals surface area contributed by atoms with Gasteiger partial charge in [-0.05, 0) is 36.2 Å². The minimum Gasteiger partial charge on any atom is -0.274 e. The fourth-order valence-electron chi connectivity index (χ4n) is 3.53. The molecule has 2 aromatic rings. The molecule has 0 saturated carbocycles. The van der Waals surface area contributed by atoms with Crippen LogP contribution in [0.25, 0.3) is 6.08 Å². The number of rotatable bonds is 6. The topological polar surface area (TPSA) is 74.8 Å². The Morgan fingerprint density at radius 1 is 0.759 bits per heavy atom. The first kappa shape index (κ1) is 18.6. The second-order valence-corrected chi connectivity index (χ2v) is 6.81. The van der Waals surface area contributed by atoms with Gasteiger partial charge in [0, 0.05) is 13.1 Å². The van der Waals surface area contributed by atoms with Crippen molar-refractivity contribution in [2.75, 3.05) is 13.1 Å². The number of imide groups is 2. The summed E-state index contributed by atoms with van der Waals surface area (Å²) in [6, 6.07) is 11.8. The minimum atomic E-state index is -0.317. The zero-order valence-electron chi connectivity index (χ0n) is 15.6. The van der Waals surface area contributed by atoms with Gasteiger partial charge in [-0.3, -0.25) is 29.0 Å². The summed E-state index contributed by atoms with van der Waals surface area (Å²) in [6.07, 6.45) is 5.63. The van der Waals surface area contributed by atoms with E-state index in [2.05, 4.69) is 6.58 Å². The summed E-state index contributed by atoms with van der Waals surface area (Å²) in [6.45, 7) is 4.05. The fourth-order valence-corrected chi connectivity index (χ4v) is 3.53. The van der Waals surface area contributed by atoms with Crippen LogP contribution in [-0.4, -0.2) is 46.5 Å². The van der Waals surface area contributed by atoms with Crippen molar-refractivity contribution in [3.8, 4) is 0 Å². The van der Waals surface area contributed by atoms with Gasteiger partial charge in [0.05, 0.1) is 22.3 Å². The molecular formula is C23H18N2O4. The van der Waals surface area contributed by atoms with Gasteiger partial charge in [0.2, 0.25) is 0 Å². The van der Waals surface area contributed by atoms with Gasteiger partial charge in [0.15, 0.2) is 0 Å². The van der Waals surface area contributed by atoms with Crippen LogP contribution in [0.5, 0.6) is 0 Å². The largest absolute Gasteiger partial charge is 0.274 e. The number of fused-ring (bicyclic) bond motifs is 2. The number of carbonyl (C=O) groups excluding carboxylic acids is 4. The molecule has 29 heavy (non-hydrogen) atoms. The Kier molecular flexibility index (Phi) is 4.68. The van der Waals surface area contributed by atoms with E-state index in [1.54, 1.807) is 60.7 Å². The third kappa shape index (κ3) is 3.08. The van der Waals surface area contributed by atoms with Gasteiger partial charge in [-0.25, -0.2) is 0 Å². The van der Waals surface area contributed by atoms with Crippen LogP contribution in [0.3, 0.4) is 0 Å². The Labute approximate surface area is 167 Å². The number of hydrogen-bond acceptors (Lipinski definition) is 4. The van der Waals surface area contributed by atoms with E-state index in [4.69, 9.17) is 0 Å². The minimum absolute atomic E-state index is 0.127. The molecule has 0 saturated heterocycles. The zero-order valence-corrected chi connectivity index (χ0v) is 15.6. The second-order valence-electron chi connectivity index (χ2n) is 6.81. The van der Waals surface area contributed by atoms with E-state index in [-0.39, 0.29) is 30.2 Å². The van der Waals surface area contributed by atoms with Crippen LogP contribution in [0.1, 0.15) is 53.4 Å². The molecule has 0 aromatic heterocycles. The van der Waals surface area contributed by atoms with Crippen molar-refractivity contribution in [1.29, 1.82) is 0 Å². The summed E-state index contributed by atoms with van der Waals surface area (Å²) in [5.74, 6) is -1.25. The van der Waals surface area contributed by atoms with Gasteiger partial charge in [-0.1, -0.05) is 36.4 Å². The highest BCUT2D eigenvalue weighted by Gasteiger charge is 2.35. The zero-order chi connectivity index (χ0) is 20.5. The molecule has 0 N–H and O–H groups in total. The third-order valence-electron chi connectivity index (χ3n) is 5.03. The summed E-state index contributed by atoms with van der Waals surface area (Å²) in [4.78, 5) is 52.0. The second kappa shape index (κ2) is 7.31. The van der Waals surface area contributed by atoms with Crippen LogP contribution in [0.15, 0.2) is 61.2 Å². The van der Waals surface area contributed by atoms with Crippen molar-refractivity contribution in [1.82, 2.24) is 9.80 Å². The molecule has 0 bridgehead atoms. The Morgan fingerprint density at radius 3 is 2.00 bits per heavy atom. The molecular weight excluding hydrogens is 368 g/mol. The van der Waals surface area contributed by atoms with Crippen LogP contribution < -0.4 is 0 Å². The van der Waals surface area contributed by atoms with Gasteiger partial charge in [0.1, 0.15) is 0 Å². The number of carbonyl (C=O) groups is 4. The molecule has 6 nitrogen and oxygen atoms in total. The molecule has 6 heteroatoms. The molecule has 0 radical (unpaired) electrons. The number of nitrogens with zero attached hydrogens (tertiary/aromatic N) is 2. The predicted molar refractivity (Wildman–Crippen MR) is 107 cm³/mol. The number of hydrogen-bond donors (Lipinski definition) is 0. The maximum Gasteiger partial charge on any atom is 0.261 e. The fraction of sp³-hybridized carbons (Fsp3) is 0.130. The van der Waals surface area contributed by atoms with E-state index >= 15 is 0 Å². The van der Waals surface area contributed by atoms with E-state index in [1.165, 1.54) is 9.80 Å². The molecule has 0 unspecified atom stereocenters. The molecule has 144 valence electrons. The van der Waals surface area contributed by atoms with Gasteiger partial charge >= 0.3 is 0 Å². The molecule has 4 amide bonds. The maximum absolute atomic E-state index is 12.5. The molecule has 0 atom stereocenters. The van der Waals surface area contributed by atoms with E-state index in [0.717, 1.165) is 0 Å². The molecule has 0 spiro atoms. The lowest BCUT2D eigenvalue weighted by molar-refractivity contribution is 0.0647. The Balaban J connectivity index is 1.49. The lowest BCUT2D eigenvalue weighted by Crippen LogP contribution is -2.30. The van der Waals surface area contributed by atoms with Crippen LogP contribution >= 0.6 is 0 Å². The van der Waals surface area contributed by atoms with Crippen molar-refractivity contribution in [3.05, 3.63) is 89.0 Å². The standard InChI is InChI=1S/C23H18N2O4/c1-2-3-12-24-22(28)18-11-10-15(14-19(18)23(24)29)7-6-13-25-20(26)16-8-4-5-9-17(16)21(25)27/h2,4-11,14H,1,3,12-13H2/b7-6-. The first-order valence-electron chi connectivity index (χ1n) is 9.26. The Hall–Kier alpha value is -3.80. The van der Waals surface area contributed by atoms with Crippen LogP contribution in [0, 0.1) is 0 Å². The average Bonchev–Trinajstić information content (AvgIpc) is 3.12. The first-order valence-corrected chi connectivity index (χ1v) is 9.26. The van der Waals surface area contributed by atoms with Gasteiger partial charge in [-0.15, -0.1) is 6.58 Å². The lowest BCUT2D eigenvalue weighted by atomic mass is 10.1. The van der Waals surface area contributed by atoms with Gasteiger partial charge in [0.25, 0.3) is 23.6 Å².